The van der Waals surface area contributed by atoms with E-state index >= 15 is 0 Å². The molecule has 0 unspecified atom stereocenters. The first-order chi connectivity index (χ1) is 14.3. The smallest absolute Gasteiger partial charge is 0.321 e. The van der Waals surface area contributed by atoms with E-state index in [9.17, 15) is 17.6 Å². The molecular formula is C20H19FN2O5S2. The summed E-state index contributed by atoms with van der Waals surface area (Å²) in [6.45, 7) is -0.559. The van der Waals surface area contributed by atoms with Crippen molar-refractivity contribution in [1.82, 2.24) is 9.29 Å². The Balaban J connectivity index is 1.58. The molecule has 0 aliphatic rings. The van der Waals surface area contributed by atoms with Gasteiger partial charge < -0.3 is 9.47 Å². The number of esters is 1. The third kappa shape index (κ3) is 5.21. The second-order valence-corrected chi connectivity index (χ2v) is 9.15. The van der Waals surface area contributed by atoms with E-state index < -0.39 is 28.4 Å². The van der Waals surface area contributed by atoms with Crippen LogP contribution in [0.25, 0.3) is 10.6 Å². The van der Waals surface area contributed by atoms with E-state index in [1.807, 2.05) is 24.3 Å². The number of hydrogen-bond donors (Lipinski definition) is 0. The summed E-state index contributed by atoms with van der Waals surface area (Å²) in [5.41, 5.74) is 1.43. The van der Waals surface area contributed by atoms with E-state index in [1.54, 1.807) is 12.5 Å². The largest absolute Gasteiger partial charge is 0.497 e. The number of thiazole rings is 1. The summed E-state index contributed by atoms with van der Waals surface area (Å²) in [4.78, 5) is 16.4. The van der Waals surface area contributed by atoms with E-state index in [0.717, 1.165) is 39.1 Å². The summed E-state index contributed by atoms with van der Waals surface area (Å²) in [5, 5.41) is 2.51. The number of sulfonamides is 1. The van der Waals surface area contributed by atoms with Crippen molar-refractivity contribution in [2.24, 2.45) is 0 Å². The number of benzene rings is 2. The predicted octanol–water partition coefficient (Wildman–Crippen LogP) is 3.32. The fraction of sp³-hybridized carbons (Fsp3) is 0.200. The highest BCUT2D eigenvalue weighted by atomic mass is 32.2. The molecule has 158 valence electrons. The van der Waals surface area contributed by atoms with Crippen molar-refractivity contribution < 1.29 is 27.1 Å². The lowest BCUT2D eigenvalue weighted by atomic mass is 10.2. The second kappa shape index (κ2) is 9.33. The van der Waals surface area contributed by atoms with Crippen LogP contribution in [-0.2, 0) is 26.2 Å². The minimum Gasteiger partial charge on any atom is -0.497 e. The van der Waals surface area contributed by atoms with Crippen LogP contribution in [0.1, 0.15) is 5.69 Å². The van der Waals surface area contributed by atoms with Crippen molar-refractivity contribution in [1.29, 1.82) is 0 Å². The van der Waals surface area contributed by atoms with Gasteiger partial charge in [-0.25, -0.2) is 17.8 Å². The SMILES string of the molecule is COc1cccc(-c2nc(COC(=O)CN(C)S(=O)(=O)c3ccc(F)cc3)cs2)c1. The molecule has 0 saturated heterocycles. The first-order valence-electron chi connectivity index (χ1n) is 8.76. The maximum atomic E-state index is 13.0. The third-order valence-electron chi connectivity index (χ3n) is 4.12. The molecule has 1 heterocycles. The number of nitrogens with zero attached hydrogens (tertiary/aromatic N) is 2. The molecule has 1 aromatic heterocycles. The number of aromatic nitrogens is 1. The average molecular weight is 451 g/mol. The second-order valence-electron chi connectivity index (χ2n) is 6.25. The van der Waals surface area contributed by atoms with Crippen molar-refractivity contribution in [3.63, 3.8) is 0 Å². The topological polar surface area (TPSA) is 85.8 Å². The monoisotopic (exact) mass is 450 g/mol. The van der Waals surface area contributed by atoms with E-state index in [2.05, 4.69) is 4.98 Å². The Labute approximate surface area is 177 Å². The highest BCUT2D eigenvalue weighted by Crippen LogP contribution is 2.27. The maximum absolute atomic E-state index is 13.0. The molecule has 0 spiro atoms. The number of rotatable bonds is 8. The molecule has 0 aliphatic carbocycles. The Morgan fingerprint density at radius 3 is 2.63 bits per heavy atom. The molecule has 0 aliphatic heterocycles. The minimum atomic E-state index is -3.93. The van der Waals surface area contributed by atoms with Crippen molar-refractivity contribution in [2.45, 2.75) is 11.5 Å². The number of likely N-dealkylation sites (N-methyl/N-ethyl adjacent to an activating group) is 1. The zero-order valence-electron chi connectivity index (χ0n) is 16.2. The van der Waals surface area contributed by atoms with Gasteiger partial charge in [0.1, 0.15) is 29.7 Å². The summed E-state index contributed by atoms with van der Waals surface area (Å²) in [5.74, 6) is -0.562. The molecule has 3 aromatic rings. The summed E-state index contributed by atoms with van der Waals surface area (Å²) in [6.07, 6.45) is 0. The van der Waals surface area contributed by atoms with Crippen LogP contribution in [0.2, 0.25) is 0 Å². The van der Waals surface area contributed by atoms with E-state index in [4.69, 9.17) is 9.47 Å². The summed E-state index contributed by atoms with van der Waals surface area (Å²) >= 11 is 1.40. The van der Waals surface area contributed by atoms with Gasteiger partial charge in [0.25, 0.3) is 0 Å². The average Bonchev–Trinajstić information content (AvgIpc) is 3.22. The molecule has 7 nitrogen and oxygen atoms in total. The first-order valence-corrected chi connectivity index (χ1v) is 11.1. The van der Waals surface area contributed by atoms with Crippen LogP contribution in [0.5, 0.6) is 5.75 Å². The van der Waals surface area contributed by atoms with Crippen molar-refractivity contribution in [3.8, 4) is 16.3 Å². The molecule has 30 heavy (non-hydrogen) atoms. The maximum Gasteiger partial charge on any atom is 0.321 e. The van der Waals surface area contributed by atoms with Crippen molar-refractivity contribution >= 4 is 27.3 Å². The van der Waals surface area contributed by atoms with E-state index in [-0.39, 0.29) is 11.5 Å². The Morgan fingerprint density at radius 1 is 1.20 bits per heavy atom. The molecule has 3 rings (SSSR count). The molecule has 10 heteroatoms. The van der Waals surface area contributed by atoms with Gasteiger partial charge in [0.2, 0.25) is 10.0 Å². The molecule has 0 amide bonds. The van der Waals surface area contributed by atoms with Crippen molar-refractivity contribution in [2.75, 3.05) is 20.7 Å². The van der Waals surface area contributed by atoms with Crippen LogP contribution in [0, 0.1) is 5.82 Å². The van der Waals surface area contributed by atoms with Crippen molar-refractivity contribution in [3.05, 3.63) is 65.4 Å². The van der Waals surface area contributed by atoms with Crippen LogP contribution in [0.4, 0.5) is 4.39 Å². The highest BCUT2D eigenvalue weighted by Gasteiger charge is 2.23. The minimum absolute atomic E-state index is 0.0796. The Kier molecular flexibility index (Phi) is 6.80. The Bertz CT molecular complexity index is 1130. The number of carbonyl (C=O) groups is 1. The standard InChI is InChI=1S/C20H19FN2O5S2/c1-23(30(25,26)18-8-6-15(21)7-9-18)11-19(24)28-12-16-13-29-20(22-16)14-4-3-5-17(10-14)27-2/h3-10,13H,11-12H2,1-2H3. The predicted molar refractivity (Wildman–Crippen MR) is 110 cm³/mol. The lowest BCUT2D eigenvalue weighted by molar-refractivity contribution is -0.145. The summed E-state index contributed by atoms with van der Waals surface area (Å²) in [7, 11) is -1.10. The molecule has 0 N–H and O–H groups in total. The van der Waals surface area contributed by atoms with Gasteiger partial charge in [-0.3, -0.25) is 4.79 Å². The van der Waals surface area contributed by atoms with Gasteiger partial charge in [-0.1, -0.05) is 12.1 Å². The number of methoxy groups -OCH3 is 1. The number of ether oxygens (including phenoxy) is 2. The molecule has 2 aromatic carbocycles. The fourth-order valence-corrected chi connectivity index (χ4v) is 4.43. The third-order valence-corrected chi connectivity index (χ3v) is 6.88. The van der Waals surface area contributed by atoms with Gasteiger partial charge in [-0.2, -0.15) is 4.31 Å². The fourth-order valence-electron chi connectivity index (χ4n) is 2.52. The van der Waals surface area contributed by atoms with Gasteiger partial charge in [-0.15, -0.1) is 11.3 Å². The highest BCUT2D eigenvalue weighted by molar-refractivity contribution is 7.89. The van der Waals surface area contributed by atoms with Gasteiger partial charge in [0.05, 0.1) is 17.7 Å². The molecule has 0 bridgehead atoms. The Hall–Kier alpha value is -2.82. The van der Waals surface area contributed by atoms with E-state index in [0.29, 0.717) is 11.4 Å². The molecular weight excluding hydrogens is 431 g/mol. The number of halogens is 1. The van der Waals surface area contributed by atoms with Crippen LogP contribution in [0.3, 0.4) is 0 Å². The van der Waals surface area contributed by atoms with Crippen LogP contribution in [-0.4, -0.2) is 44.4 Å². The van der Waals surface area contributed by atoms with Gasteiger partial charge in [0, 0.05) is 18.0 Å². The molecule has 0 fully saturated rings. The zero-order valence-corrected chi connectivity index (χ0v) is 17.9. The lowest BCUT2D eigenvalue weighted by Crippen LogP contribution is -2.33. The molecule has 0 saturated carbocycles. The summed E-state index contributed by atoms with van der Waals surface area (Å²) in [6, 6.07) is 11.8. The molecule has 0 radical (unpaired) electrons. The van der Waals surface area contributed by atoms with Gasteiger partial charge in [0.15, 0.2) is 0 Å². The number of carbonyl (C=O) groups excluding carboxylic acids is 1. The van der Waals surface area contributed by atoms with Crippen LogP contribution in [0.15, 0.2) is 58.8 Å². The van der Waals surface area contributed by atoms with Gasteiger partial charge >= 0.3 is 5.97 Å². The summed E-state index contributed by atoms with van der Waals surface area (Å²) < 4.78 is 49.1. The zero-order chi connectivity index (χ0) is 21.7. The first kappa shape index (κ1) is 21.9. The molecule has 0 atom stereocenters. The normalized spacial score (nSPS) is 11.5. The van der Waals surface area contributed by atoms with Gasteiger partial charge in [-0.05, 0) is 36.4 Å². The quantitative estimate of drug-likeness (QED) is 0.490. The van der Waals surface area contributed by atoms with E-state index in [1.165, 1.54) is 18.4 Å². The van der Waals surface area contributed by atoms with Crippen LogP contribution < -0.4 is 4.74 Å². The Morgan fingerprint density at radius 2 is 1.93 bits per heavy atom. The lowest BCUT2D eigenvalue weighted by Gasteiger charge is -2.16. The van der Waals surface area contributed by atoms with Crippen LogP contribution >= 0.6 is 11.3 Å². The number of hydrogen-bond acceptors (Lipinski definition) is 7.